The SMILES string of the molecule is Nc1c(C(=O)c2cccc(F)c2F)oc2cc3c(cc12)CCCC3. The molecule has 0 aliphatic heterocycles. The number of benzene rings is 2. The normalized spacial score (nSPS) is 13.9. The van der Waals surface area contributed by atoms with Gasteiger partial charge in [0.25, 0.3) is 0 Å². The van der Waals surface area contributed by atoms with Gasteiger partial charge in [0.15, 0.2) is 17.4 Å². The summed E-state index contributed by atoms with van der Waals surface area (Å²) in [7, 11) is 0. The van der Waals surface area contributed by atoms with E-state index >= 15 is 0 Å². The van der Waals surface area contributed by atoms with E-state index < -0.39 is 17.4 Å². The number of halogens is 2. The maximum Gasteiger partial charge on any atom is 0.233 e. The molecule has 0 saturated carbocycles. The Hall–Kier alpha value is -2.69. The molecule has 0 spiro atoms. The molecular formula is C19H15F2NO2. The summed E-state index contributed by atoms with van der Waals surface area (Å²) < 4.78 is 32.9. The van der Waals surface area contributed by atoms with Crippen LogP contribution in [-0.4, -0.2) is 5.78 Å². The van der Waals surface area contributed by atoms with Gasteiger partial charge in [0.05, 0.1) is 11.3 Å². The highest BCUT2D eigenvalue weighted by atomic mass is 19.2. The van der Waals surface area contributed by atoms with Gasteiger partial charge in [0.2, 0.25) is 5.78 Å². The van der Waals surface area contributed by atoms with E-state index in [1.165, 1.54) is 23.3 Å². The summed E-state index contributed by atoms with van der Waals surface area (Å²) in [4.78, 5) is 12.6. The van der Waals surface area contributed by atoms with Crippen molar-refractivity contribution in [2.45, 2.75) is 25.7 Å². The fraction of sp³-hybridized carbons (Fsp3) is 0.211. The third-order valence-corrected chi connectivity index (χ3v) is 4.59. The molecule has 2 N–H and O–H groups in total. The molecule has 0 saturated heterocycles. The average Bonchev–Trinajstić information content (AvgIpc) is 2.91. The van der Waals surface area contributed by atoms with Crippen molar-refractivity contribution in [2.24, 2.45) is 0 Å². The minimum Gasteiger partial charge on any atom is -0.450 e. The van der Waals surface area contributed by atoms with Gasteiger partial charge in [-0.15, -0.1) is 0 Å². The van der Waals surface area contributed by atoms with Gasteiger partial charge in [-0.2, -0.15) is 0 Å². The minimum atomic E-state index is -1.19. The zero-order chi connectivity index (χ0) is 16.8. The van der Waals surface area contributed by atoms with E-state index in [0.29, 0.717) is 11.0 Å². The van der Waals surface area contributed by atoms with Crippen molar-refractivity contribution in [3.63, 3.8) is 0 Å². The van der Waals surface area contributed by atoms with Crippen molar-refractivity contribution in [1.29, 1.82) is 0 Å². The molecule has 3 aromatic rings. The van der Waals surface area contributed by atoms with Crippen LogP contribution in [0.2, 0.25) is 0 Å². The monoisotopic (exact) mass is 327 g/mol. The maximum absolute atomic E-state index is 13.9. The van der Waals surface area contributed by atoms with E-state index in [4.69, 9.17) is 10.2 Å². The van der Waals surface area contributed by atoms with Crippen molar-refractivity contribution in [3.05, 3.63) is 64.4 Å². The number of carbonyl (C=O) groups is 1. The van der Waals surface area contributed by atoms with Crippen LogP contribution >= 0.6 is 0 Å². The number of nitrogen functional groups attached to an aromatic ring is 1. The fourth-order valence-corrected chi connectivity index (χ4v) is 3.32. The van der Waals surface area contributed by atoms with Gasteiger partial charge < -0.3 is 10.2 Å². The van der Waals surface area contributed by atoms with E-state index in [-0.39, 0.29) is 17.0 Å². The average molecular weight is 327 g/mol. The highest BCUT2D eigenvalue weighted by Gasteiger charge is 2.25. The molecular weight excluding hydrogens is 312 g/mol. The summed E-state index contributed by atoms with van der Waals surface area (Å²) in [5.41, 5.74) is 8.76. The molecule has 5 heteroatoms. The van der Waals surface area contributed by atoms with Gasteiger partial charge >= 0.3 is 0 Å². The third-order valence-electron chi connectivity index (χ3n) is 4.59. The lowest BCUT2D eigenvalue weighted by atomic mass is 9.90. The number of ketones is 1. The van der Waals surface area contributed by atoms with Crippen LogP contribution in [0, 0.1) is 11.6 Å². The Morgan fingerprint density at radius 1 is 1.08 bits per heavy atom. The van der Waals surface area contributed by atoms with Crippen LogP contribution in [0.15, 0.2) is 34.7 Å². The van der Waals surface area contributed by atoms with Gasteiger partial charge in [0, 0.05) is 5.39 Å². The first-order valence-electron chi connectivity index (χ1n) is 7.88. The van der Waals surface area contributed by atoms with Crippen LogP contribution in [0.1, 0.15) is 40.1 Å². The van der Waals surface area contributed by atoms with E-state index in [1.807, 2.05) is 12.1 Å². The molecule has 3 nitrogen and oxygen atoms in total. The molecule has 1 aromatic heterocycles. The highest BCUT2D eigenvalue weighted by molar-refractivity contribution is 6.14. The molecule has 1 heterocycles. The number of aryl methyl sites for hydroxylation is 2. The molecule has 122 valence electrons. The maximum atomic E-state index is 13.9. The smallest absolute Gasteiger partial charge is 0.233 e. The third kappa shape index (κ3) is 2.19. The number of hydrogen-bond acceptors (Lipinski definition) is 3. The van der Waals surface area contributed by atoms with Crippen molar-refractivity contribution >= 4 is 22.4 Å². The molecule has 0 bridgehead atoms. The zero-order valence-corrected chi connectivity index (χ0v) is 12.9. The summed E-state index contributed by atoms with van der Waals surface area (Å²) in [5.74, 6) is -3.16. The number of fused-ring (bicyclic) bond motifs is 2. The van der Waals surface area contributed by atoms with E-state index in [2.05, 4.69) is 0 Å². The number of carbonyl (C=O) groups excluding carboxylic acids is 1. The molecule has 0 fully saturated rings. The van der Waals surface area contributed by atoms with Crippen LogP contribution in [0.4, 0.5) is 14.5 Å². The summed E-state index contributed by atoms with van der Waals surface area (Å²) in [6, 6.07) is 7.31. The Morgan fingerprint density at radius 2 is 1.79 bits per heavy atom. The molecule has 2 aromatic carbocycles. The zero-order valence-electron chi connectivity index (χ0n) is 12.9. The predicted octanol–water partition coefficient (Wildman–Crippen LogP) is 4.40. The van der Waals surface area contributed by atoms with Gasteiger partial charge in [-0.05, 0) is 61.1 Å². The molecule has 0 atom stereocenters. The van der Waals surface area contributed by atoms with Crippen LogP contribution < -0.4 is 5.73 Å². The Balaban J connectivity index is 1.86. The number of rotatable bonds is 2. The van der Waals surface area contributed by atoms with Crippen molar-refractivity contribution in [2.75, 3.05) is 5.73 Å². The first-order chi connectivity index (χ1) is 11.6. The number of hydrogen-bond donors (Lipinski definition) is 1. The van der Waals surface area contributed by atoms with E-state index in [0.717, 1.165) is 31.7 Å². The predicted molar refractivity (Wildman–Crippen MR) is 87.1 cm³/mol. The van der Waals surface area contributed by atoms with Crippen LogP contribution in [-0.2, 0) is 12.8 Å². The Labute approximate surface area is 137 Å². The quantitative estimate of drug-likeness (QED) is 0.710. The van der Waals surface area contributed by atoms with Crippen LogP contribution in [0.3, 0.4) is 0 Å². The standard InChI is InChI=1S/C19H15F2NO2/c20-14-7-3-6-12(16(14)21)18(23)19-17(22)13-8-10-4-1-2-5-11(10)9-15(13)24-19/h3,6-9H,1-2,4-5,22H2. The summed E-state index contributed by atoms with van der Waals surface area (Å²) in [6.45, 7) is 0. The Morgan fingerprint density at radius 3 is 2.54 bits per heavy atom. The van der Waals surface area contributed by atoms with Gasteiger partial charge in [0.1, 0.15) is 5.58 Å². The lowest BCUT2D eigenvalue weighted by molar-refractivity contribution is 0.101. The van der Waals surface area contributed by atoms with Gasteiger partial charge in [-0.3, -0.25) is 4.79 Å². The topological polar surface area (TPSA) is 56.2 Å². The van der Waals surface area contributed by atoms with Crippen molar-refractivity contribution in [1.82, 2.24) is 0 Å². The molecule has 0 amide bonds. The first kappa shape index (κ1) is 14.9. The molecule has 24 heavy (non-hydrogen) atoms. The van der Waals surface area contributed by atoms with Crippen molar-refractivity contribution in [3.8, 4) is 0 Å². The van der Waals surface area contributed by atoms with Crippen LogP contribution in [0.25, 0.3) is 11.0 Å². The lowest BCUT2D eigenvalue weighted by Crippen LogP contribution is -2.07. The lowest BCUT2D eigenvalue weighted by Gasteiger charge is -2.14. The minimum absolute atomic E-state index is 0.142. The molecule has 0 unspecified atom stereocenters. The number of nitrogens with two attached hydrogens (primary N) is 1. The van der Waals surface area contributed by atoms with Crippen LogP contribution in [0.5, 0.6) is 0 Å². The Bertz CT molecular complexity index is 975. The highest BCUT2D eigenvalue weighted by Crippen LogP contribution is 2.34. The Kier molecular flexibility index (Phi) is 3.37. The summed E-state index contributed by atoms with van der Waals surface area (Å²) in [6.07, 6.45) is 4.18. The molecule has 0 radical (unpaired) electrons. The second-order valence-corrected chi connectivity index (χ2v) is 6.10. The number of furan rings is 1. The van der Waals surface area contributed by atoms with Crippen molar-refractivity contribution < 1.29 is 18.0 Å². The molecule has 4 rings (SSSR count). The van der Waals surface area contributed by atoms with E-state index in [9.17, 15) is 13.6 Å². The summed E-state index contributed by atoms with van der Waals surface area (Å²) in [5, 5.41) is 0.649. The number of anilines is 1. The second-order valence-electron chi connectivity index (χ2n) is 6.10. The largest absolute Gasteiger partial charge is 0.450 e. The molecule has 1 aliphatic carbocycles. The van der Waals surface area contributed by atoms with E-state index in [1.54, 1.807) is 0 Å². The second kappa shape index (κ2) is 5.44. The fourth-order valence-electron chi connectivity index (χ4n) is 3.32. The van der Waals surface area contributed by atoms with Gasteiger partial charge in [-0.1, -0.05) is 6.07 Å². The summed E-state index contributed by atoms with van der Waals surface area (Å²) >= 11 is 0. The van der Waals surface area contributed by atoms with Gasteiger partial charge in [-0.25, -0.2) is 8.78 Å². The molecule has 1 aliphatic rings. The first-order valence-corrected chi connectivity index (χ1v) is 7.88.